The third-order valence-corrected chi connectivity index (χ3v) is 4.31. The van der Waals surface area contributed by atoms with Gasteiger partial charge in [0, 0.05) is 25.2 Å². The van der Waals surface area contributed by atoms with E-state index in [0.29, 0.717) is 23.5 Å². The van der Waals surface area contributed by atoms with Crippen LogP contribution in [0.4, 0.5) is 0 Å². The van der Waals surface area contributed by atoms with Crippen molar-refractivity contribution >= 4 is 29.0 Å². The van der Waals surface area contributed by atoms with Gasteiger partial charge in [-0.1, -0.05) is 29.8 Å². The van der Waals surface area contributed by atoms with Gasteiger partial charge in [0.25, 0.3) is 0 Å². The Labute approximate surface area is 140 Å². The smallest absolute Gasteiger partial charge is 0.189 e. The average molecular weight is 344 g/mol. The van der Waals surface area contributed by atoms with Crippen molar-refractivity contribution in [3.05, 3.63) is 39.9 Å². The zero-order valence-electron chi connectivity index (χ0n) is 12.5. The lowest BCUT2D eigenvalue weighted by Gasteiger charge is -2.26. The Kier molecular flexibility index (Phi) is 6.26. The molecule has 1 aliphatic heterocycles. The minimum atomic E-state index is -0.216. The van der Waals surface area contributed by atoms with Crippen LogP contribution in [0.25, 0.3) is 0 Å². The molecule has 0 unspecified atom stereocenters. The summed E-state index contributed by atoms with van der Waals surface area (Å²) in [6.07, 6.45) is 0. The van der Waals surface area contributed by atoms with Gasteiger partial charge in [0.05, 0.1) is 18.2 Å². The van der Waals surface area contributed by atoms with E-state index in [1.165, 1.54) is 0 Å². The summed E-state index contributed by atoms with van der Waals surface area (Å²) in [5.74, 6) is 0.268. The predicted octanol–water partition coefficient (Wildman–Crippen LogP) is 3.46. The van der Waals surface area contributed by atoms with Gasteiger partial charge in [-0.3, -0.25) is 9.69 Å². The van der Waals surface area contributed by atoms with Crippen LogP contribution >= 0.6 is 23.2 Å². The number of rotatable bonds is 6. The van der Waals surface area contributed by atoms with Gasteiger partial charge < -0.3 is 9.47 Å². The molecule has 1 heterocycles. The van der Waals surface area contributed by atoms with Crippen LogP contribution in [0.2, 0.25) is 10.0 Å². The molecule has 0 spiro atoms. The highest BCUT2D eigenvalue weighted by Gasteiger charge is 2.17. The first-order chi connectivity index (χ1) is 10.5. The molecule has 0 saturated carbocycles. The van der Waals surface area contributed by atoms with E-state index in [4.69, 9.17) is 32.7 Å². The Bertz CT molecular complexity index is 569. The van der Waals surface area contributed by atoms with Gasteiger partial charge in [-0.15, -0.1) is 0 Å². The van der Waals surface area contributed by atoms with Crippen LogP contribution in [0.3, 0.4) is 0 Å². The first-order valence-electron chi connectivity index (χ1n) is 7.12. The van der Waals surface area contributed by atoms with Gasteiger partial charge in [-0.2, -0.15) is 0 Å². The van der Waals surface area contributed by atoms with E-state index in [9.17, 15) is 4.79 Å². The van der Waals surface area contributed by atoms with Crippen molar-refractivity contribution in [3.8, 4) is 5.75 Å². The van der Waals surface area contributed by atoms with E-state index in [1.807, 2.05) is 0 Å². The standard InChI is InChI=1S/C16H19Cl2NO3/c1-11(2)16(20)12-3-4-13(15(18)14(12)17)22-10-7-19-5-8-21-9-6-19/h3-4H,1,5-10H2,2H3. The molecule has 1 aromatic carbocycles. The first-order valence-corrected chi connectivity index (χ1v) is 7.87. The van der Waals surface area contributed by atoms with Crippen LogP contribution in [0.5, 0.6) is 5.75 Å². The molecule has 1 aromatic rings. The van der Waals surface area contributed by atoms with Crippen molar-refractivity contribution in [2.75, 3.05) is 39.5 Å². The quantitative estimate of drug-likeness (QED) is 0.585. The second kappa shape index (κ2) is 7.97. The van der Waals surface area contributed by atoms with E-state index < -0.39 is 0 Å². The van der Waals surface area contributed by atoms with Gasteiger partial charge in [-0.05, 0) is 24.6 Å². The second-order valence-corrected chi connectivity index (χ2v) is 5.91. The number of benzene rings is 1. The molecule has 4 nitrogen and oxygen atoms in total. The summed E-state index contributed by atoms with van der Waals surface area (Å²) in [6.45, 7) is 9.89. The predicted molar refractivity (Wildman–Crippen MR) is 88.4 cm³/mol. The minimum absolute atomic E-state index is 0.207. The molecule has 1 saturated heterocycles. The molecule has 0 amide bonds. The lowest BCUT2D eigenvalue weighted by molar-refractivity contribution is 0.0322. The molecule has 1 fully saturated rings. The lowest BCUT2D eigenvalue weighted by Crippen LogP contribution is -2.38. The third kappa shape index (κ3) is 4.23. The monoisotopic (exact) mass is 343 g/mol. The Hall–Kier alpha value is -1.07. The van der Waals surface area contributed by atoms with Gasteiger partial charge in [0.2, 0.25) is 0 Å². The topological polar surface area (TPSA) is 38.8 Å². The van der Waals surface area contributed by atoms with E-state index in [1.54, 1.807) is 19.1 Å². The molecule has 0 bridgehead atoms. The Balaban J connectivity index is 1.98. The summed E-state index contributed by atoms with van der Waals surface area (Å²) < 4.78 is 11.0. The van der Waals surface area contributed by atoms with Gasteiger partial charge in [0.1, 0.15) is 17.4 Å². The van der Waals surface area contributed by atoms with Gasteiger partial charge >= 0.3 is 0 Å². The van der Waals surface area contributed by atoms with Crippen molar-refractivity contribution in [1.29, 1.82) is 0 Å². The minimum Gasteiger partial charge on any atom is -0.491 e. The van der Waals surface area contributed by atoms with E-state index in [-0.39, 0.29) is 15.8 Å². The highest BCUT2D eigenvalue weighted by Crippen LogP contribution is 2.35. The van der Waals surface area contributed by atoms with Crippen LogP contribution in [0.15, 0.2) is 24.3 Å². The molecule has 22 heavy (non-hydrogen) atoms. The average Bonchev–Trinajstić information content (AvgIpc) is 2.52. The van der Waals surface area contributed by atoms with Crippen molar-refractivity contribution in [1.82, 2.24) is 4.90 Å². The number of morpholine rings is 1. The van der Waals surface area contributed by atoms with Gasteiger partial charge in [-0.25, -0.2) is 0 Å². The largest absolute Gasteiger partial charge is 0.491 e. The van der Waals surface area contributed by atoms with E-state index >= 15 is 0 Å². The summed E-state index contributed by atoms with van der Waals surface area (Å²) in [5.41, 5.74) is 0.763. The molecule has 0 N–H and O–H groups in total. The maximum atomic E-state index is 11.9. The fourth-order valence-electron chi connectivity index (χ4n) is 2.16. The summed E-state index contributed by atoms with van der Waals surface area (Å²) in [5, 5.41) is 0.467. The molecule has 120 valence electrons. The highest BCUT2D eigenvalue weighted by atomic mass is 35.5. The fraction of sp³-hybridized carbons (Fsp3) is 0.438. The van der Waals surface area contributed by atoms with Crippen LogP contribution in [-0.4, -0.2) is 50.1 Å². The molecule has 2 rings (SSSR count). The summed E-state index contributed by atoms with van der Waals surface area (Å²) >= 11 is 12.4. The second-order valence-electron chi connectivity index (χ2n) is 5.15. The Morgan fingerprint density at radius 3 is 2.64 bits per heavy atom. The van der Waals surface area contributed by atoms with Gasteiger partial charge in [0.15, 0.2) is 5.78 Å². The number of ether oxygens (including phenoxy) is 2. The molecule has 0 radical (unpaired) electrons. The number of hydrogen-bond acceptors (Lipinski definition) is 4. The van der Waals surface area contributed by atoms with Crippen molar-refractivity contribution < 1.29 is 14.3 Å². The van der Waals surface area contributed by atoms with Crippen LogP contribution in [0, 0.1) is 0 Å². The Morgan fingerprint density at radius 2 is 2.00 bits per heavy atom. The van der Waals surface area contributed by atoms with Crippen LogP contribution in [-0.2, 0) is 4.74 Å². The number of ketones is 1. The number of carbonyl (C=O) groups excluding carboxylic acids is 1. The van der Waals surface area contributed by atoms with E-state index in [0.717, 1.165) is 32.8 Å². The van der Waals surface area contributed by atoms with Crippen LogP contribution in [0.1, 0.15) is 17.3 Å². The number of allylic oxidation sites excluding steroid dienone is 1. The number of halogens is 2. The number of carbonyl (C=O) groups is 1. The van der Waals surface area contributed by atoms with Crippen molar-refractivity contribution in [3.63, 3.8) is 0 Å². The first kappa shape index (κ1) is 17.3. The highest BCUT2D eigenvalue weighted by molar-refractivity contribution is 6.45. The summed E-state index contributed by atoms with van der Waals surface area (Å²) in [7, 11) is 0. The normalized spacial score (nSPS) is 15.6. The maximum absolute atomic E-state index is 11.9. The fourth-order valence-corrected chi connectivity index (χ4v) is 2.62. The van der Waals surface area contributed by atoms with Crippen molar-refractivity contribution in [2.24, 2.45) is 0 Å². The number of hydrogen-bond donors (Lipinski definition) is 0. The molecule has 1 aliphatic rings. The zero-order valence-corrected chi connectivity index (χ0v) is 14.0. The molecule has 6 heteroatoms. The maximum Gasteiger partial charge on any atom is 0.189 e. The number of Topliss-reactive ketones (excluding diaryl/α,β-unsaturated/α-hetero) is 1. The lowest BCUT2D eigenvalue weighted by atomic mass is 10.1. The SMILES string of the molecule is C=C(C)C(=O)c1ccc(OCCN2CCOCC2)c(Cl)c1Cl. The Morgan fingerprint density at radius 1 is 1.32 bits per heavy atom. The van der Waals surface area contributed by atoms with E-state index in [2.05, 4.69) is 11.5 Å². The number of nitrogens with zero attached hydrogens (tertiary/aromatic N) is 1. The zero-order chi connectivity index (χ0) is 16.1. The third-order valence-electron chi connectivity index (χ3n) is 3.45. The molecule has 0 atom stereocenters. The van der Waals surface area contributed by atoms with Crippen LogP contribution < -0.4 is 4.74 Å². The molecule has 0 aromatic heterocycles. The molecule has 0 aliphatic carbocycles. The van der Waals surface area contributed by atoms with Crippen molar-refractivity contribution in [2.45, 2.75) is 6.92 Å². The molecular formula is C16H19Cl2NO3. The summed E-state index contributed by atoms with van der Waals surface area (Å²) in [6, 6.07) is 3.29. The summed E-state index contributed by atoms with van der Waals surface area (Å²) in [4.78, 5) is 14.2. The molecular weight excluding hydrogens is 325 g/mol.